The summed E-state index contributed by atoms with van der Waals surface area (Å²) in [5.41, 5.74) is 3.19. The van der Waals surface area contributed by atoms with Gasteiger partial charge in [0.15, 0.2) is 0 Å². The normalized spacial score (nSPS) is 10.3. The molecule has 0 fully saturated rings. The molecule has 3 rings (SSSR count). The van der Waals surface area contributed by atoms with Gasteiger partial charge in [0, 0.05) is 41.3 Å². The van der Waals surface area contributed by atoms with Gasteiger partial charge in [0.05, 0.1) is 6.54 Å². The van der Waals surface area contributed by atoms with Gasteiger partial charge < -0.3 is 20.9 Å². The van der Waals surface area contributed by atoms with Crippen molar-refractivity contribution in [3.8, 4) is 0 Å². The molecule has 3 aromatic carbocycles. The second-order valence-electron chi connectivity index (χ2n) is 7.70. The molecular formula is C27H30N4O3. The molecule has 0 spiro atoms. The molecule has 3 N–H and O–H groups in total. The topological polar surface area (TPSA) is 90.5 Å². The minimum absolute atomic E-state index is 0.0343. The third-order valence-corrected chi connectivity index (χ3v) is 5.16. The van der Waals surface area contributed by atoms with Crippen LogP contribution in [0.4, 0.5) is 17.1 Å². The Morgan fingerprint density at radius 3 is 2.21 bits per heavy atom. The molecular weight excluding hydrogens is 428 g/mol. The second-order valence-corrected chi connectivity index (χ2v) is 7.70. The van der Waals surface area contributed by atoms with Crippen molar-refractivity contribution in [2.24, 2.45) is 0 Å². The van der Waals surface area contributed by atoms with Crippen LogP contribution in [0, 0.1) is 0 Å². The third-order valence-electron chi connectivity index (χ3n) is 5.16. The predicted molar refractivity (Wildman–Crippen MR) is 136 cm³/mol. The number of carbonyl (C=O) groups is 3. The Morgan fingerprint density at radius 2 is 1.53 bits per heavy atom. The number of hydrogen-bond donors (Lipinski definition) is 3. The number of hydrogen-bond acceptors (Lipinski definition) is 4. The predicted octanol–water partition coefficient (Wildman–Crippen LogP) is 4.54. The first-order valence-electron chi connectivity index (χ1n) is 11.4. The van der Waals surface area contributed by atoms with Crippen LogP contribution in [-0.4, -0.2) is 37.4 Å². The summed E-state index contributed by atoms with van der Waals surface area (Å²) in [6, 6.07) is 23.4. The molecule has 0 unspecified atom stereocenters. The highest BCUT2D eigenvalue weighted by molar-refractivity contribution is 6.06. The van der Waals surface area contributed by atoms with Gasteiger partial charge in [-0.05, 0) is 67.9 Å². The van der Waals surface area contributed by atoms with E-state index in [4.69, 9.17) is 0 Å². The molecule has 0 aromatic heterocycles. The average Bonchev–Trinajstić information content (AvgIpc) is 2.87. The van der Waals surface area contributed by atoms with Gasteiger partial charge in [-0.3, -0.25) is 14.4 Å². The molecule has 3 amide bonds. The molecule has 0 saturated heterocycles. The van der Waals surface area contributed by atoms with Crippen molar-refractivity contribution in [2.75, 3.05) is 35.2 Å². The Balaban J connectivity index is 1.56. The van der Waals surface area contributed by atoms with Gasteiger partial charge in [-0.25, -0.2) is 0 Å². The molecule has 0 bridgehead atoms. The fourth-order valence-electron chi connectivity index (χ4n) is 3.40. The quantitative estimate of drug-likeness (QED) is 0.416. The third kappa shape index (κ3) is 6.68. The number of rotatable bonds is 10. The van der Waals surface area contributed by atoms with E-state index in [0.29, 0.717) is 35.6 Å². The first-order valence-corrected chi connectivity index (χ1v) is 11.4. The molecule has 0 saturated carbocycles. The Hall–Kier alpha value is -4.13. The maximum Gasteiger partial charge on any atom is 0.258 e. The van der Waals surface area contributed by atoms with Crippen LogP contribution in [0.2, 0.25) is 0 Å². The average molecular weight is 459 g/mol. The molecule has 0 atom stereocenters. The summed E-state index contributed by atoms with van der Waals surface area (Å²) in [5.74, 6) is -0.478. The van der Waals surface area contributed by atoms with E-state index in [-0.39, 0.29) is 24.3 Å². The molecule has 176 valence electrons. The van der Waals surface area contributed by atoms with Crippen LogP contribution in [0.3, 0.4) is 0 Å². The molecule has 0 radical (unpaired) electrons. The van der Waals surface area contributed by atoms with Gasteiger partial charge in [0.25, 0.3) is 11.8 Å². The molecule has 0 aliphatic carbocycles. The zero-order chi connectivity index (χ0) is 24.3. The van der Waals surface area contributed by atoms with Gasteiger partial charge in [-0.15, -0.1) is 0 Å². The van der Waals surface area contributed by atoms with Crippen molar-refractivity contribution < 1.29 is 14.4 Å². The number of carbonyl (C=O) groups excluding carboxylic acids is 3. The Bertz CT molecular complexity index is 1110. The Morgan fingerprint density at radius 1 is 0.794 bits per heavy atom. The van der Waals surface area contributed by atoms with E-state index in [1.807, 2.05) is 50.2 Å². The van der Waals surface area contributed by atoms with Crippen molar-refractivity contribution in [3.05, 3.63) is 90.0 Å². The first kappa shape index (κ1) is 24.5. The van der Waals surface area contributed by atoms with E-state index in [9.17, 15) is 14.4 Å². The van der Waals surface area contributed by atoms with Crippen LogP contribution in [-0.2, 0) is 4.79 Å². The van der Waals surface area contributed by atoms with Gasteiger partial charge in [-0.1, -0.05) is 31.2 Å². The highest BCUT2D eigenvalue weighted by Crippen LogP contribution is 2.19. The van der Waals surface area contributed by atoms with Gasteiger partial charge in [0.1, 0.15) is 0 Å². The van der Waals surface area contributed by atoms with Crippen molar-refractivity contribution >= 4 is 34.8 Å². The number of nitrogens with one attached hydrogen (secondary N) is 3. The fourth-order valence-corrected chi connectivity index (χ4v) is 3.40. The van der Waals surface area contributed by atoms with Crippen molar-refractivity contribution in [1.29, 1.82) is 0 Å². The van der Waals surface area contributed by atoms with Crippen LogP contribution in [0.25, 0.3) is 0 Å². The summed E-state index contributed by atoms with van der Waals surface area (Å²) in [7, 11) is 0. The lowest BCUT2D eigenvalue weighted by molar-refractivity contribution is -0.114. The van der Waals surface area contributed by atoms with E-state index in [1.165, 1.54) is 0 Å². The minimum atomic E-state index is -0.237. The summed E-state index contributed by atoms with van der Waals surface area (Å²) in [6.45, 7) is 5.13. The van der Waals surface area contributed by atoms with Gasteiger partial charge in [0.2, 0.25) is 5.91 Å². The summed E-state index contributed by atoms with van der Waals surface area (Å²) in [4.78, 5) is 39.1. The number of nitrogens with zero attached hydrogens (tertiary/aromatic N) is 1. The van der Waals surface area contributed by atoms with Crippen LogP contribution < -0.4 is 20.9 Å². The van der Waals surface area contributed by atoms with Crippen LogP contribution in [0.1, 0.15) is 41.0 Å². The van der Waals surface area contributed by atoms with E-state index < -0.39 is 0 Å². The van der Waals surface area contributed by atoms with Crippen molar-refractivity contribution in [1.82, 2.24) is 5.32 Å². The lowest BCUT2D eigenvalue weighted by Gasteiger charge is -2.21. The lowest BCUT2D eigenvalue weighted by atomic mass is 10.1. The van der Waals surface area contributed by atoms with E-state index >= 15 is 0 Å². The van der Waals surface area contributed by atoms with Crippen LogP contribution in [0.5, 0.6) is 0 Å². The molecule has 3 aromatic rings. The monoisotopic (exact) mass is 458 g/mol. The number of para-hydroxylation sites is 1. The number of anilines is 3. The molecule has 34 heavy (non-hydrogen) atoms. The lowest BCUT2D eigenvalue weighted by Crippen LogP contribution is -2.30. The number of amides is 3. The first-order chi connectivity index (χ1) is 16.5. The highest BCUT2D eigenvalue weighted by Gasteiger charge is 2.16. The molecule has 7 nitrogen and oxygen atoms in total. The fraction of sp³-hybridized carbons (Fsp3) is 0.222. The zero-order valence-corrected chi connectivity index (χ0v) is 19.5. The van der Waals surface area contributed by atoms with Crippen molar-refractivity contribution in [3.63, 3.8) is 0 Å². The van der Waals surface area contributed by atoms with E-state index in [0.717, 1.165) is 12.1 Å². The second kappa shape index (κ2) is 12.2. The summed E-state index contributed by atoms with van der Waals surface area (Å²) in [5, 5.41) is 8.68. The van der Waals surface area contributed by atoms with E-state index in [2.05, 4.69) is 16.0 Å². The maximum absolute atomic E-state index is 13.0. The van der Waals surface area contributed by atoms with Crippen LogP contribution >= 0.6 is 0 Å². The molecule has 0 aliphatic heterocycles. The SMILES string of the molecule is CCCNC(=O)c1ccc(NC(=O)CNc2cccc(C(=O)N(CC)c3ccccc3)c2)cc1. The van der Waals surface area contributed by atoms with Crippen LogP contribution in [0.15, 0.2) is 78.9 Å². The highest BCUT2D eigenvalue weighted by atomic mass is 16.2. The maximum atomic E-state index is 13.0. The van der Waals surface area contributed by atoms with Crippen molar-refractivity contribution in [2.45, 2.75) is 20.3 Å². The number of benzene rings is 3. The van der Waals surface area contributed by atoms with E-state index in [1.54, 1.807) is 47.4 Å². The molecule has 0 heterocycles. The van der Waals surface area contributed by atoms with Gasteiger partial charge >= 0.3 is 0 Å². The summed E-state index contributed by atoms with van der Waals surface area (Å²) >= 11 is 0. The summed E-state index contributed by atoms with van der Waals surface area (Å²) in [6.07, 6.45) is 0.869. The summed E-state index contributed by atoms with van der Waals surface area (Å²) < 4.78 is 0. The Labute approximate surface area is 200 Å². The standard InChI is InChI=1S/C27H30N4O3/c1-3-17-28-26(33)20-13-15-22(16-14-20)30-25(32)19-29-23-10-8-9-21(18-23)27(34)31(4-2)24-11-6-5-7-12-24/h5-16,18,29H,3-4,17,19H2,1-2H3,(H,28,33)(H,30,32). The minimum Gasteiger partial charge on any atom is -0.376 e. The van der Waals surface area contributed by atoms with Gasteiger partial charge in [-0.2, -0.15) is 0 Å². The molecule has 7 heteroatoms. The largest absolute Gasteiger partial charge is 0.376 e. The smallest absolute Gasteiger partial charge is 0.258 e. The Kier molecular flexibility index (Phi) is 8.80. The molecule has 0 aliphatic rings. The zero-order valence-electron chi connectivity index (χ0n) is 19.5.